The minimum atomic E-state index is -0.240. The molecular formula is C23H20N4O6. The summed E-state index contributed by atoms with van der Waals surface area (Å²) in [4.78, 5) is 16.8. The van der Waals surface area contributed by atoms with Gasteiger partial charge in [-0.25, -0.2) is 4.68 Å². The van der Waals surface area contributed by atoms with E-state index < -0.39 is 0 Å². The summed E-state index contributed by atoms with van der Waals surface area (Å²) in [6, 6.07) is 14.0. The lowest BCUT2D eigenvalue weighted by molar-refractivity contribution is 0.174. The molecule has 2 aromatic carbocycles. The van der Waals surface area contributed by atoms with Gasteiger partial charge in [0.2, 0.25) is 18.5 Å². The third kappa shape index (κ3) is 4.10. The maximum absolute atomic E-state index is 12.4. The van der Waals surface area contributed by atoms with E-state index in [2.05, 4.69) is 15.2 Å². The van der Waals surface area contributed by atoms with Crippen molar-refractivity contribution in [1.82, 2.24) is 19.9 Å². The van der Waals surface area contributed by atoms with Gasteiger partial charge in [-0.3, -0.25) is 4.79 Å². The van der Waals surface area contributed by atoms with Crippen molar-refractivity contribution in [2.24, 2.45) is 0 Å². The van der Waals surface area contributed by atoms with Crippen LogP contribution in [0.4, 0.5) is 0 Å². The van der Waals surface area contributed by atoms with E-state index in [1.807, 2.05) is 12.1 Å². The fourth-order valence-electron chi connectivity index (χ4n) is 3.48. The molecule has 33 heavy (non-hydrogen) atoms. The van der Waals surface area contributed by atoms with Gasteiger partial charge in [0.1, 0.15) is 11.5 Å². The van der Waals surface area contributed by atoms with Crippen molar-refractivity contribution in [3.63, 3.8) is 0 Å². The molecule has 0 unspecified atom stereocenters. The van der Waals surface area contributed by atoms with Crippen LogP contribution in [0.3, 0.4) is 0 Å². The number of rotatable bonds is 7. The van der Waals surface area contributed by atoms with E-state index in [4.69, 9.17) is 23.5 Å². The molecular weight excluding hydrogens is 428 g/mol. The molecule has 10 heteroatoms. The molecule has 0 spiro atoms. The Balaban J connectivity index is 1.35. The summed E-state index contributed by atoms with van der Waals surface area (Å²) in [6.07, 6.45) is 0.336. The number of benzene rings is 2. The van der Waals surface area contributed by atoms with Crippen LogP contribution in [0.15, 0.2) is 57.8 Å². The molecule has 0 fully saturated rings. The molecule has 1 aliphatic heterocycles. The molecule has 168 valence electrons. The first-order valence-corrected chi connectivity index (χ1v) is 10.2. The third-order valence-corrected chi connectivity index (χ3v) is 5.19. The number of aromatic nitrogens is 4. The normalized spacial score (nSPS) is 12.1. The molecule has 0 aliphatic carbocycles. The zero-order chi connectivity index (χ0) is 22.8. The van der Waals surface area contributed by atoms with Gasteiger partial charge in [-0.1, -0.05) is 5.16 Å². The van der Waals surface area contributed by atoms with Crippen LogP contribution in [0.1, 0.15) is 5.89 Å². The number of hydrogen-bond donors (Lipinski definition) is 0. The zero-order valence-electron chi connectivity index (χ0n) is 18.0. The summed E-state index contributed by atoms with van der Waals surface area (Å²) in [7, 11) is 3.16. The van der Waals surface area contributed by atoms with Crippen LogP contribution in [0.5, 0.6) is 23.0 Å². The van der Waals surface area contributed by atoms with E-state index in [1.54, 1.807) is 44.6 Å². The van der Waals surface area contributed by atoms with Crippen molar-refractivity contribution in [2.45, 2.75) is 13.0 Å². The molecule has 0 saturated heterocycles. The molecule has 0 saturated carbocycles. The predicted molar refractivity (Wildman–Crippen MR) is 117 cm³/mol. The summed E-state index contributed by atoms with van der Waals surface area (Å²) >= 11 is 0. The van der Waals surface area contributed by atoms with Crippen LogP contribution < -0.4 is 24.5 Å². The lowest BCUT2D eigenvalue weighted by Crippen LogP contribution is -2.23. The van der Waals surface area contributed by atoms with E-state index in [0.29, 0.717) is 52.4 Å². The minimum absolute atomic E-state index is 0.193. The Morgan fingerprint density at radius 1 is 1.00 bits per heavy atom. The molecule has 1 aliphatic rings. The van der Waals surface area contributed by atoms with Crippen molar-refractivity contribution < 1.29 is 23.5 Å². The second kappa shape index (κ2) is 8.65. The summed E-state index contributed by atoms with van der Waals surface area (Å²) in [6.45, 7) is 0.459. The van der Waals surface area contributed by atoms with Crippen molar-refractivity contribution in [1.29, 1.82) is 0 Å². The van der Waals surface area contributed by atoms with Crippen LogP contribution in [0.25, 0.3) is 22.6 Å². The highest BCUT2D eigenvalue weighted by atomic mass is 16.7. The average Bonchev–Trinajstić information content (AvgIpc) is 3.52. The number of methoxy groups -OCH3 is 2. The number of nitrogens with zero attached hydrogens (tertiary/aromatic N) is 4. The van der Waals surface area contributed by atoms with E-state index in [9.17, 15) is 4.79 Å². The van der Waals surface area contributed by atoms with E-state index in [0.717, 1.165) is 5.56 Å². The first-order chi connectivity index (χ1) is 16.1. The van der Waals surface area contributed by atoms with Crippen LogP contribution in [-0.4, -0.2) is 40.9 Å². The maximum Gasteiger partial charge on any atom is 0.266 e. The van der Waals surface area contributed by atoms with Crippen molar-refractivity contribution in [2.75, 3.05) is 21.0 Å². The van der Waals surface area contributed by atoms with Gasteiger partial charge in [0.15, 0.2) is 11.5 Å². The van der Waals surface area contributed by atoms with Gasteiger partial charge >= 0.3 is 0 Å². The summed E-state index contributed by atoms with van der Waals surface area (Å²) in [5, 5.41) is 8.53. The van der Waals surface area contributed by atoms with Crippen LogP contribution in [0.2, 0.25) is 0 Å². The maximum atomic E-state index is 12.4. The minimum Gasteiger partial charge on any atom is -0.497 e. The molecule has 2 aromatic heterocycles. The Hall–Kier alpha value is -4.34. The van der Waals surface area contributed by atoms with Crippen LogP contribution in [0, 0.1) is 0 Å². The lowest BCUT2D eigenvalue weighted by atomic mass is 10.1. The zero-order valence-corrected chi connectivity index (χ0v) is 18.0. The molecule has 4 aromatic rings. The molecule has 5 rings (SSSR count). The second-order valence-electron chi connectivity index (χ2n) is 7.18. The molecule has 0 radical (unpaired) electrons. The first-order valence-electron chi connectivity index (χ1n) is 10.2. The van der Waals surface area contributed by atoms with Crippen molar-refractivity contribution in [3.8, 4) is 45.6 Å². The highest BCUT2D eigenvalue weighted by Gasteiger charge is 2.17. The molecule has 0 amide bonds. The Morgan fingerprint density at radius 3 is 2.73 bits per heavy atom. The number of aryl methyl sites for hydroxylation is 2. The summed E-state index contributed by atoms with van der Waals surface area (Å²) in [5.74, 6) is 3.42. The Morgan fingerprint density at radius 2 is 1.88 bits per heavy atom. The monoisotopic (exact) mass is 448 g/mol. The predicted octanol–water partition coefficient (Wildman–Crippen LogP) is 2.95. The van der Waals surface area contributed by atoms with E-state index in [-0.39, 0.29) is 18.9 Å². The molecule has 10 nitrogen and oxygen atoms in total. The highest BCUT2D eigenvalue weighted by Crippen LogP contribution is 2.35. The van der Waals surface area contributed by atoms with Crippen LogP contribution >= 0.6 is 0 Å². The third-order valence-electron chi connectivity index (χ3n) is 5.19. The largest absolute Gasteiger partial charge is 0.497 e. The summed E-state index contributed by atoms with van der Waals surface area (Å²) < 4.78 is 28.2. The van der Waals surface area contributed by atoms with Gasteiger partial charge in [-0.15, -0.1) is 0 Å². The van der Waals surface area contributed by atoms with Gasteiger partial charge in [-0.2, -0.15) is 10.1 Å². The van der Waals surface area contributed by atoms with Gasteiger partial charge in [0.25, 0.3) is 5.56 Å². The standard InChI is InChI=1S/C23H20N4O6/c1-29-15-4-7-18(30-2)16(12-15)17-5-8-22(28)27(25-17)10-9-21-24-23(26-33-21)14-3-6-19-20(11-14)32-13-31-19/h3-8,11-12H,9-10,13H2,1-2H3. The highest BCUT2D eigenvalue weighted by molar-refractivity contribution is 5.68. The Kier molecular flexibility index (Phi) is 5.39. The van der Waals surface area contributed by atoms with Crippen molar-refractivity contribution in [3.05, 3.63) is 64.8 Å². The number of fused-ring (bicyclic) bond motifs is 1. The Bertz CT molecular complexity index is 1360. The second-order valence-corrected chi connectivity index (χ2v) is 7.18. The topological polar surface area (TPSA) is 111 Å². The van der Waals surface area contributed by atoms with Gasteiger partial charge in [0.05, 0.1) is 26.5 Å². The SMILES string of the molecule is COc1ccc(OC)c(-c2ccc(=O)n(CCc3nc(-c4ccc5c(c4)OCO5)no3)n2)c1. The van der Waals surface area contributed by atoms with Gasteiger partial charge < -0.3 is 23.5 Å². The van der Waals surface area contributed by atoms with E-state index in [1.165, 1.54) is 10.7 Å². The molecule has 0 bridgehead atoms. The van der Waals surface area contributed by atoms with Crippen LogP contribution in [-0.2, 0) is 13.0 Å². The first kappa shape index (κ1) is 20.6. The van der Waals surface area contributed by atoms with Crippen molar-refractivity contribution >= 4 is 0 Å². The molecule has 3 heterocycles. The molecule has 0 N–H and O–H groups in total. The number of ether oxygens (including phenoxy) is 4. The van der Waals surface area contributed by atoms with E-state index >= 15 is 0 Å². The smallest absolute Gasteiger partial charge is 0.266 e. The molecule has 0 atom stereocenters. The average molecular weight is 448 g/mol. The van der Waals surface area contributed by atoms with Gasteiger partial charge in [0, 0.05) is 23.6 Å². The lowest BCUT2D eigenvalue weighted by Gasteiger charge is -2.11. The Labute approximate surface area is 188 Å². The fraction of sp³-hybridized carbons (Fsp3) is 0.217. The number of hydrogen-bond acceptors (Lipinski definition) is 9. The fourth-order valence-corrected chi connectivity index (χ4v) is 3.48. The van der Waals surface area contributed by atoms with Gasteiger partial charge in [-0.05, 0) is 42.5 Å². The quantitative estimate of drug-likeness (QED) is 0.421. The summed E-state index contributed by atoms with van der Waals surface area (Å²) in [5.41, 5.74) is 1.80.